The van der Waals surface area contributed by atoms with E-state index in [1.54, 1.807) is 12.1 Å². The third-order valence-electron chi connectivity index (χ3n) is 3.58. The molecule has 1 N–H and O–H groups in total. The summed E-state index contributed by atoms with van der Waals surface area (Å²) in [6, 6.07) is 3.24. The zero-order valence-electron chi connectivity index (χ0n) is 12.1. The predicted octanol–water partition coefficient (Wildman–Crippen LogP) is 2.99. The Kier molecular flexibility index (Phi) is 5.47. The van der Waals surface area contributed by atoms with Gasteiger partial charge in [-0.1, -0.05) is 0 Å². The number of methoxy groups -OCH3 is 2. The van der Waals surface area contributed by atoms with Crippen molar-refractivity contribution in [2.24, 2.45) is 0 Å². The maximum atomic E-state index is 11.4. The van der Waals surface area contributed by atoms with Crippen molar-refractivity contribution in [1.29, 1.82) is 0 Å². The Bertz CT molecular complexity index is 511. The molecule has 5 nitrogen and oxygen atoms in total. The molecule has 0 aliphatic heterocycles. The summed E-state index contributed by atoms with van der Waals surface area (Å²) in [7, 11) is 2.76. The summed E-state index contributed by atoms with van der Waals surface area (Å²) in [5.74, 6) is 0.368. The van der Waals surface area contributed by atoms with Crippen LogP contribution in [0.1, 0.15) is 37.4 Å². The number of halogens is 1. The van der Waals surface area contributed by atoms with Crippen molar-refractivity contribution in [1.82, 2.24) is 0 Å². The molecule has 1 aliphatic rings. The molecule has 1 aromatic carbocycles. The Morgan fingerprint density at radius 1 is 1.33 bits per heavy atom. The number of benzene rings is 1. The average Bonchev–Trinajstić information content (AvgIpc) is 3.00. The molecule has 1 aromatic rings. The Hall–Kier alpha value is -1.27. The number of aliphatic hydroxyl groups is 1. The first kappa shape index (κ1) is 16.1. The van der Waals surface area contributed by atoms with Crippen LogP contribution in [0.3, 0.4) is 0 Å². The molecule has 1 atom stereocenters. The van der Waals surface area contributed by atoms with Crippen LogP contribution in [0.2, 0.25) is 0 Å². The van der Waals surface area contributed by atoms with Crippen LogP contribution < -0.4 is 9.47 Å². The average molecular weight is 359 g/mol. The fourth-order valence-electron chi connectivity index (χ4n) is 2.43. The molecule has 0 radical (unpaired) electrons. The van der Waals surface area contributed by atoms with Gasteiger partial charge >= 0.3 is 5.97 Å². The topological polar surface area (TPSA) is 65.0 Å². The van der Waals surface area contributed by atoms with Gasteiger partial charge in [0.2, 0.25) is 0 Å². The first-order valence-corrected chi connectivity index (χ1v) is 7.66. The van der Waals surface area contributed by atoms with Crippen LogP contribution in [0, 0.1) is 0 Å². The second-order valence-corrected chi connectivity index (χ2v) is 5.84. The predicted molar refractivity (Wildman–Crippen MR) is 80.6 cm³/mol. The number of esters is 1. The van der Waals surface area contributed by atoms with E-state index in [4.69, 9.17) is 9.47 Å². The number of hydrogen-bond donors (Lipinski definition) is 1. The van der Waals surface area contributed by atoms with Gasteiger partial charge in [0.25, 0.3) is 0 Å². The number of hydrogen-bond acceptors (Lipinski definition) is 5. The molecule has 0 spiro atoms. The van der Waals surface area contributed by atoms with E-state index in [0.29, 0.717) is 21.5 Å². The van der Waals surface area contributed by atoms with Gasteiger partial charge < -0.3 is 19.3 Å². The highest BCUT2D eigenvalue weighted by atomic mass is 79.9. The highest BCUT2D eigenvalue weighted by molar-refractivity contribution is 9.10. The van der Waals surface area contributed by atoms with Gasteiger partial charge in [-0.05, 0) is 59.3 Å². The van der Waals surface area contributed by atoms with Crippen molar-refractivity contribution in [3.63, 3.8) is 0 Å². The Morgan fingerprint density at radius 3 is 2.57 bits per heavy atom. The van der Waals surface area contributed by atoms with Crippen molar-refractivity contribution < 1.29 is 24.1 Å². The van der Waals surface area contributed by atoms with E-state index < -0.39 is 12.1 Å². The minimum absolute atomic E-state index is 0.187. The van der Waals surface area contributed by atoms with Gasteiger partial charge in [0.1, 0.15) is 0 Å². The minimum Gasteiger partial charge on any atom is -0.493 e. The normalized spacial score (nSPS) is 16.6. The van der Waals surface area contributed by atoms with Gasteiger partial charge in [-0.3, -0.25) is 0 Å². The van der Waals surface area contributed by atoms with Crippen LogP contribution in [0.5, 0.6) is 11.5 Å². The third-order valence-corrected chi connectivity index (χ3v) is 4.17. The molecule has 21 heavy (non-hydrogen) atoms. The molecular formula is C15H19BrO5. The molecule has 1 fully saturated rings. The van der Waals surface area contributed by atoms with Crippen molar-refractivity contribution in [2.45, 2.75) is 37.9 Å². The summed E-state index contributed by atoms with van der Waals surface area (Å²) in [5, 5.41) is 9.92. The fraction of sp³-hybridized carbons (Fsp3) is 0.533. The Balaban J connectivity index is 2.28. The molecular weight excluding hydrogens is 340 g/mol. The van der Waals surface area contributed by atoms with Crippen molar-refractivity contribution in [3.8, 4) is 11.5 Å². The lowest BCUT2D eigenvalue weighted by Gasteiger charge is -2.19. The van der Waals surface area contributed by atoms with Crippen LogP contribution in [-0.4, -0.2) is 31.4 Å². The van der Waals surface area contributed by atoms with Crippen LogP contribution >= 0.6 is 15.9 Å². The fourth-order valence-corrected chi connectivity index (χ4v) is 2.99. The van der Waals surface area contributed by atoms with Crippen LogP contribution in [0.25, 0.3) is 0 Å². The van der Waals surface area contributed by atoms with Gasteiger partial charge in [0, 0.05) is 0 Å². The molecule has 1 unspecified atom stereocenters. The Morgan fingerprint density at radius 2 is 2.00 bits per heavy atom. The molecule has 1 saturated carbocycles. The van der Waals surface area contributed by atoms with Crippen LogP contribution in [0.15, 0.2) is 16.6 Å². The molecule has 0 heterocycles. The molecule has 1 aliphatic carbocycles. The quantitative estimate of drug-likeness (QED) is 0.819. The smallest absolute Gasteiger partial charge is 0.339 e. The summed E-state index contributed by atoms with van der Waals surface area (Å²) in [4.78, 5) is 11.4. The van der Waals surface area contributed by atoms with Crippen molar-refractivity contribution in [3.05, 3.63) is 22.2 Å². The maximum absolute atomic E-state index is 11.4. The second kappa shape index (κ2) is 7.13. The largest absolute Gasteiger partial charge is 0.493 e. The lowest BCUT2D eigenvalue weighted by Crippen LogP contribution is -2.15. The lowest BCUT2D eigenvalue weighted by molar-refractivity contribution is -0.150. The number of carbonyl (C=O) groups is 1. The van der Waals surface area contributed by atoms with Gasteiger partial charge in [0.05, 0.1) is 24.8 Å². The van der Waals surface area contributed by atoms with Crippen molar-refractivity contribution >= 4 is 21.9 Å². The SMILES string of the molecule is COC(=O)C(O)c1cc(Br)c(OC2CCCC2)c(OC)c1. The van der Waals surface area contributed by atoms with E-state index in [-0.39, 0.29) is 6.10 Å². The van der Waals surface area contributed by atoms with Crippen LogP contribution in [0.4, 0.5) is 0 Å². The second-order valence-electron chi connectivity index (χ2n) is 4.98. The van der Waals surface area contributed by atoms with E-state index >= 15 is 0 Å². The highest BCUT2D eigenvalue weighted by Gasteiger charge is 2.24. The van der Waals surface area contributed by atoms with Crippen molar-refractivity contribution in [2.75, 3.05) is 14.2 Å². The molecule has 0 bridgehead atoms. The summed E-state index contributed by atoms with van der Waals surface area (Å²) < 4.78 is 16.5. The summed E-state index contributed by atoms with van der Waals surface area (Å²) >= 11 is 3.42. The van der Waals surface area contributed by atoms with E-state index in [0.717, 1.165) is 12.8 Å². The highest BCUT2D eigenvalue weighted by Crippen LogP contribution is 2.40. The number of rotatable bonds is 5. The maximum Gasteiger partial charge on any atom is 0.339 e. The minimum atomic E-state index is -1.35. The van der Waals surface area contributed by atoms with Gasteiger partial charge in [-0.25, -0.2) is 4.79 Å². The first-order valence-electron chi connectivity index (χ1n) is 6.86. The summed E-state index contributed by atoms with van der Waals surface area (Å²) in [5.41, 5.74) is 0.393. The molecule has 2 rings (SSSR count). The number of ether oxygens (including phenoxy) is 3. The number of aliphatic hydroxyl groups excluding tert-OH is 1. The Labute approximate surface area is 132 Å². The molecule has 6 heteroatoms. The van der Waals surface area contributed by atoms with Gasteiger partial charge in [0.15, 0.2) is 17.6 Å². The molecule has 0 aromatic heterocycles. The summed E-state index contributed by atoms with van der Waals surface area (Å²) in [6.07, 6.45) is 3.24. The lowest BCUT2D eigenvalue weighted by atomic mass is 10.1. The van der Waals surface area contributed by atoms with E-state index in [1.165, 1.54) is 27.1 Å². The molecule has 116 valence electrons. The van der Waals surface area contributed by atoms with E-state index in [1.807, 2.05) is 0 Å². The summed E-state index contributed by atoms with van der Waals surface area (Å²) in [6.45, 7) is 0. The standard InChI is InChI=1S/C15H19BrO5/c1-19-12-8-9(13(17)15(18)20-2)7-11(16)14(12)21-10-5-3-4-6-10/h7-8,10,13,17H,3-6H2,1-2H3. The third kappa shape index (κ3) is 3.68. The van der Waals surface area contributed by atoms with E-state index in [9.17, 15) is 9.90 Å². The van der Waals surface area contributed by atoms with Gasteiger partial charge in [-0.15, -0.1) is 0 Å². The zero-order chi connectivity index (χ0) is 15.4. The monoisotopic (exact) mass is 358 g/mol. The molecule has 0 amide bonds. The number of carbonyl (C=O) groups excluding carboxylic acids is 1. The van der Waals surface area contributed by atoms with E-state index in [2.05, 4.69) is 20.7 Å². The zero-order valence-corrected chi connectivity index (χ0v) is 13.7. The first-order chi connectivity index (χ1) is 10.1. The molecule has 0 saturated heterocycles. The van der Waals surface area contributed by atoms with Gasteiger partial charge in [-0.2, -0.15) is 0 Å². The van der Waals surface area contributed by atoms with Crippen LogP contribution in [-0.2, 0) is 9.53 Å².